The first-order valence-electron chi connectivity index (χ1n) is 5.27. The molecule has 3 rings (SSSR count). The lowest BCUT2D eigenvalue weighted by Crippen LogP contribution is -1.97. The van der Waals surface area contributed by atoms with E-state index in [9.17, 15) is 4.79 Å². The number of hydrogen-bond acceptors (Lipinski definition) is 1. The first kappa shape index (κ1) is 9.16. The molecule has 0 radical (unpaired) electrons. The number of benzene rings is 1. The Labute approximate surface area is 93.1 Å². The molecular weight excluding hydrogens is 198 g/mol. The summed E-state index contributed by atoms with van der Waals surface area (Å²) in [4.78, 5) is 11.4. The van der Waals surface area contributed by atoms with Crippen molar-refractivity contribution < 1.29 is 4.79 Å². The normalized spacial score (nSPS) is 11.1. The molecular formula is C14H11NO. The fourth-order valence-electron chi connectivity index (χ4n) is 2.15. The molecule has 0 atom stereocenters. The molecule has 16 heavy (non-hydrogen) atoms. The lowest BCUT2D eigenvalue weighted by molar-refractivity contribution is 0.101. The Morgan fingerprint density at radius 1 is 1.06 bits per heavy atom. The van der Waals surface area contributed by atoms with Crippen molar-refractivity contribution in [2.24, 2.45) is 0 Å². The van der Waals surface area contributed by atoms with Gasteiger partial charge in [-0.05, 0) is 23.6 Å². The summed E-state index contributed by atoms with van der Waals surface area (Å²) in [5.74, 6) is 0.0929. The highest BCUT2D eigenvalue weighted by Gasteiger charge is 2.07. The van der Waals surface area contributed by atoms with Gasteiger partial charge in [-0.3, -0.25) is 4.79 Å². The van der Waals surface area contributed by atoms with Crippen LogP contribution in [0, 0.1) is 0 Å². The molecule has 2 heteroatoms. The fourth-order valence-corrected chi connectivity index (χ4v) is 2.15. The number of nitrogens with zero attached hydrogens (tertiary/aromatic N) is 1. The maximum atomic E-state index is 11.4. The number of rotatable bonds is 1. The van der Waals surface area contributed by atoms with Crippen LogP contribution < -0.4 is 0 Å². The van der Waals surface area contributed by atoms with Gasteiger partial charge in [-0.1, -0.05) is 24.3 Å². The van der Waals surface area contributed by atoms with E-state index in [1.165, 1.54) is 10.8 Å². The number of Topliss-reactive ketones (excluding diaryl/α,β-unsaturated/α-hetero) is 1. The van der Waals surface area contributed by atoms with Crippen LogP contribution in [0.15, 0.2) is 48.7 Å². The molecule has 78 valence electrons. The van der Waals surface area contributed by atoms with E-state index >= 15 is 0 Å². The molecule has 0 aliphatic carbocycles. The Balaban J connectivity index is 2.49. The van der Waals surface area contributed by atoms with Crippen molar-refractivity contribution in [3.05, 3.63) is 54.4 Å². The lowest BCUT2D eigenvalue weighted by Gasteiger charge is -2.03. The Bertz CT molecular complexity index is 694. The number of pyridine rings is 1. The molecule has 0 unspecified atom stereocenters. The van der Waals surface area contributed by atoms with E-state index in [0.29, 0.717) is 0 Å². The molecule has 0 N–H and O–H groups in total. The van der Waals surface area contributed by atoms with Crippen LogP contribution in [-0.2, 0) is 0 Å². The molecule has 0 amide bonds. The summed E-state index contributed by atoms with van der Waals surface area (Å²) in [6, 6.07) is 14.1. The summed E-state index contributed by atoms with van der Waals surface area (Å²) in [6.45, 7) is 1.59. The molecule has 0 saturated carbocycles. The summed E-state index contributed by atoms with van der Waals surface area (Å²) in [5, 5.41) is 2.38. The third kappa shape index (κ3) is 1.16. The van der Waals surface area contributed by atoms with Crippen molar-refractivity contribution in [3.63, 3.8) is 0 Å². The quantitative estimate of drug-likeness (QED) is 0.563. The average molecular weight is 209 g/mol. The van der Waals surface area contributed by atoms with Crippen molar-refractivity contribution in [3.8, 4) is 0 Å². The molecule has 0 spiro atoms. The van der Waals surface area contributed by atoms with E-state index in [4.69, 9.17) is 0 Å². The molecule has 0 bridgehead atoms. The lowest BCUT2D eigenvalue weighted by atomic mass is 10.1. The monoisotopic (exact) mass is 209 g/mol. The van der Waals surface area contributed by atoms with E-state index in [2.05, 4.69) is 12.1 Å². The second-order valence-electron chi connectivity index (χ2n) is 3.93. The zero-order valence-electron chi connectivity index (χ0n) is 8.97. The van der Waals surface area contributed by atoms with Crippen molar-refractivity contribution in [1.29, 1.82) is 0 Å². The van der Waals surface area contributed by atoms with E-state index in [-0.39, 0.29) is 5.78 Å². The summed E-state index contributed by atoms with van der Waals surface area (Å²) >= 11 is 0. The SMILES string of the molecule is CC(=O)c1ccc2c3ccccc3ccn12. The van der Waals surface area contributed by atoms with Gasteiger partial charge in [0.2, 0.25) is 0 Å². The predicted octanol–water partition coefficient (Wildman–Crippen LogP) is 3.30. The van der Waals surface area contributed by atoms with Crippen LogP contribution >= 0.6 is 0 Å². The molecule has 3 aromatic rings. The van der Waals surface area contributed by atoms with Crippen molar-refractivity contribution in [2.75, 3.05) is 0 Å². The zero-order chi connectivity index (χ0) is 11.1. The summed E-state index contributed by atoms with van der Waals surface area (Å²) in [6.07, 6.45) is 1.95. The number of carbonyl (C=O) groups is 1. The Kier molecular flexibility index (Phi) is 1.83. The number of aromatic nitrogens is 1. The maximum Gasteiger partial charge on any atom is 0.176 e. The van der Waals surface area contributed by atoms with Crippen LogP contribution in [-0.4, -0.2) is 10.2 Å². The van der Waals surface area contributed by atoms with Crippen LogP contribution in [0.5, 0.6) is 0 Å². The molecule has 0 saturated heterocycles. The predicted molar refractivity (Wildman–Crippen MR) is 64.9 cm³/mol. The second kappa shape index (κ2) is 3.20. The van der Waals surface area contributed by atoms with Crippen LogP contribution in [0.3, 0.4) is 0 Å². The molecule has 2 nitrogen and oxygen atoms in total. The van der Waals surface area contributed by atoms with Crippen LogP contribution in [0.4, 0.5) is 0 Å². The first-order valence-corrected chi connectivity index (χ1v) is 5.27. The molecule has 2 heterocycles. The first-order chi connectivity index (χ1) is 7.77. The van der Waals surface area contributed by atoms with E-state index in [1.807, 2.05) is 40.9 Å². The Morgan fingerprint density at radius 2 is 1.88 bits per heavy atom. The van der Waals surface area contributed by atoms with Gasteiger partial charge in [-0.25, -0.2) is 0 Å². The third-order valence-corrected chi connectivity index (χ3v) is 2.92. The van der Waals surface area contributed by atoms with Gasteiger partial charge in [0.25, 0.3) is 0 Å². The zero-order valence-corrected chi connectivity index (χ0v) is 8.97. The smallest absolute Gasteiger partial charge is 0.176 e. The average Bonchev–Trinajstić information content (AvgIpc) is 2.73. The second-order valence-corrected chi connectivity index (χ2v) is 3.93. The highest BCUT2D eigenvalue weighted by atomic mass is 16.1. The highest BCUT2D eigenvalue weighted by Crippen LogP contribution is 2.22. The highest BCUT2D eigenvalue weighted by molar-refractivity contribution is 6.00. The fraction of sp³-hybridized carbons (Fsp3) is 0.0714. The third-order valence-electron chi connectivity index (χ3n) is 2.92. The van der Waals surface area contributed by atoms with E-state index in [1.54, 1.807) is 6.92 Å². The van der Waals surface area contributed by atoms with Crippen LogP contribution in [0.1, 0.15) is 17.4 Å². The molecule has 0 fully saturated rings. The largest absolute Gasteiger partial charge is 0.313 e. The summed E-state index contributed by atoms with van der Waals surface area (Å²) < 4.78 is 1.95. The topological polar surface area (TPSA) is 21.5 Å². The number of carbonyl (C=O) groups excluding carboxylic acids is 1. The summed E-state index contributed by atoms with van der Waals surface area (Å²) in [7, 11) is 0. The van der Waals surface area contributed by atoms with Gasteiger partial charge in [0.05, 0.1) is 11.2 Å². The molecule has 0 aliphatic rings. The van der Waals surface area contributed by atoms with Gasteiger partial charge in [0.1, 0.15) is 0 Å². The molecule has 0 aliphatic heterocycles. The number of fused-ring (bicyclic) bond motifs is 3. The number of ketones is 1. The minimum atomic E-state index is 0.0929. The van der Waals surface area contributed by atoms with Gasteiger partial charge < -0.3 is 4.40 Å². The van der Waals surface area contributed by atoms with Crippen LogP contribution in [0.2, 0.25) is 0 Å². The van der Waals surface area contributed by atoms with Crippen molar-refractivity contribution in [1.82, 2.24) is 4.40 Å². The molecule has 1 aromatic carbocycles. The van der Waals surface area contributed by atoms with Gasteiger partial charge >= 0.3 is 0 Å². The summed E-state index contributed by atoms with van der Waals surface area (Å²) in [5.41, 5.74) is 1.82. The number of hydrogen-bond donors (Lipinski definition) is 0. The van der Waals surface area contributed by atoms with Crippen molar-refractivity contribution in [2.45, 2.75) is 6.92 Å². The molecule has 2 aromatic heterocycles. The Hall–Kier alpha value is -2.09. The maximum absolute atomic E-state index is 11.4. The van der Waals surface area contributed by atoms with Gasteiger partial charge in [-0.15, -0.1) is 0 Å². The van der Waals surface area contributed by atoms with Crippen LogP contribution in [0.25, 0.3) is 16.3 Å². The van der Waals surface area contributed by atoms with Gasteiger partial charge in [-0.2, -0.15) is 0 Å². The van der Waals surface area contributed by atoms with E-state index in [0.717, 1.165) is 11.2 Å². The van der Waals surface area contributed by atoms with Gasteiger partial charge in [0, 0.05) is 18.5 Å². The minimum absolute atomic E-state index is 0.0929. The Morgan fingerprint density at radius 3 is 2.69 bits per heavy atom. The standard InChI is InChI=1S/C14H11NO/c1-10(16)13-6-7-14-12-5-3-2-4-11(12)8-9-15(13)14/h2-9H,1H3. The minimum Gasteiger partial charge on any atom is -0.313 e. The van der Waals surface area contributed by atoms with E-state index < -0.39 is 0 Å². The van der Waals surface area contributed by atoms with Crippen molar-refractivity contribution >= 4 is 22.1 Å². The van der Waals surface area contributed by atoms with Gasteiger partial charge in [0.15, 0.2) is 5.78 Å².